The van der Waals surface area contributed by atoms with Crippen LogP contribution in [0.25, 0.3) is 32.4 Å². The normalized spacial score (nSPS) is 11.3. The van der Waals surface area contributed by atoms with Crippen molar-refractivity contribution in [2.45, 2.75) is 0 Å². The predicted octanol–water partition coefficient (Wildman–Crippen LogP) is 4.00. The quantitative estimate of drug-likeness (QED) is 0.376. The van der Waals surface area contributed by atoms with Crippen LogP contribution in [0.3, 0.4) is 0 Å². The highest BCUT2D eigenvalue weighted by molar-refractivity contribution is 7.18. The number of H-pyrrole nitrogens is 2. The van der Waals surface area contributed by atoms with Gasteiger partial charge in [-0.2, -0.15) is 5.10 Å². The zero-order chi connectivity index (χ0) is 18.4. The molecular weight excluding hydrogens is 364 g/mol. The Morgan fingerprint density at radius 3 is 2.85 bits per heavy atom. The van der Waals surface area contributed by atoms with Crippen molar-refractivity contribution in [1.29, 1.82) is 0 Å². The van der Waals surface area contributed by atoms with Gasteiger partial charge < -0.3 is 15.4 Å². The summed E-state index contributed by atoms with van der Waals surface area (Å²) < 4.78 is 0. The van der Waals surface area contributed by atoms with Crippen LogP contribution < -0.4 is 5.32 Å². The van der Waals surface area contributed by atoms with E-state index in [1.54, 1.807) is 12.3 Å². The van der Waals surface area contributed by atoms with E-state index in [1.165, 1.54) is 11.3 Å². The average molecular weight is 376 g/mol. The Bertz CT molecular complexity index is 1300. The van der Waals surface area contributed by atoms with Crippen molar-refractivity contribution in [3.8, 4) is 10.6 Å². The van der Waals surface area contributed by atoms with Gasteiger partial charge in [0.1, 0.15) is 10.7 Å². The van der Waals surface area contributed by atoms with Crippen molar-refractivity contribution >= 4 is 49.9 Å². The molecule has 0 radical (unpaired) electrons. The molecule has 3 heterocycles. The highest BCUT2D eigenvalue weighted by Gasteiger charge is 2.11. The third-order valence-corrected chi connectivity index (χ3v) is 5.10. The maximum atomic E-state index is 11.1. The maximum Gasteiger partial charge on any atom is 0.352 e. The van der Waals surface area contributed by atoms with E-state index in [4.69, 9.17) is 5.11 Å². The summed E-state index contributed by atoms with van der Waals surface area (Å²) in [7, 11) is 0. The van der Waals surface area contributed by atoms with E-state index in [-0.39, 0.29) is 5.69 Å². The maximum absolute atomic E-state index is 11.1. The second kappa shape index (κ2) is 5.92. The number of carbonyl (C=O) groups is 1. The van der Waals surface area contributed by atoms with Crippen LogP contribution in [0, 0.1) is 0 Å². The van der Waals surface area contributed by atoms with Gasteiger partial charge in [-0.15, -0.1) is 10.2 Å². The number of hydrogen-bond donors (Lipinski definition) is 4. The average Bonchev–Trinajstić information content (AvgIpc) is 3.39. The zero-order valence-corrected chi connectivity index (χ0v) is 14.5. The molecule has 0 atom stereocenters. The van der Waals surface area contributed by atoms with Crippen LogP contribution >= 0.6 is 11.3 Å². The molecule has 0 bridgehead atoms. The van der Waals surface area contributed by atoms with Gasteiger partial charge in [-0.25, -0.2) is 4.79 Å². The standard InChI is InChI=1S/C18H12N6O2S/c25-17(26)15-6-9-1-2-10(7-14(9)21-15)16-23-24-18(27-16)20-12-3-4-13-11(5-12)8-19-22-13/h1-8,21H,(H,19,22)(H,20,24)(H,25,26). The summed E-state index contributed by atoms with van der Waals surface area (Å²) in [4.78, 5) is 14.0. The van der Waals surface area contributed by atoms with Gasteiger partial charge in [0, 0.05) is 27.5 Å². The minimum Gasteiger partial charge on any atom is -0.477 e. The number of nitrogens with zero attached hydrogens (tertiary/aromatic N) is 3. The monoisotopic (exact) mass is 376 g/mol. The number of carboxylic acid groups (broad SMARTS) is 1. The molecule has 2 aromatic carbocycles. The van der Waals surface area contributed by atoms with E-state index in [2.05, 4.69) is 30.7 Å². The number of nitrogens with one attached hydrogen (secondary N) is 3. The Hall–Kier alpha value is -3.72. The number of carboxylic acids is 1. The second-order valence-corrected chi connectivity index (χ2v) is 6.98. The molecule has 0 aliphatic rings. The minimum absolute atomic E-state index is 0.163. The van der Waals surface area contributed by atoms with E-state index in [0.29, 0.717) is 5.13 Å². The Kier molecular flexibility index (Phi) is 3.41. The number of benzene rings is 2. The minimum atomic E-state index is -0.982. The van der Waals surface area contributed by atoms with Crippen molar-refractivity contribution in [2.24, 2.45) is 0 Å². The molecular formula is C18H12N6O2S. The van der Waals surface area contributed by atoms with Crippen LogP contribution in [0.15, 0.2) is 48.7 Å². The first-order chi connectivity index (χ1) is 13.2. The van der Waals surface area contributed by atoms with Crippen LogP contribution in [0.4, 0.5) is 10.8 Å². The number of fused-ring (bicyclic) bond motifs is 2. The number of aromatic nitrogens is 5. The van der Waals surface area contributed by atoms with Gasteiger partial charge in [0.15, 0.2) is 0 Å². The number of aromatic carboxylic acids is 1. The number of hydrogen-bond acceptors (Lipinski definition) is 6. The fourth-order valence-electron chi connectivity index (χ4n) is 2.91. The highest BCUT2D eigenvalue weighted by Crippen LogP contribution is 2.31. The molecule has 0 aliphatic heterocycles. The van der Waals surface area contributed by atoms with Crippen LogP contribution in [0.1, 0.15) is 10.5 Å². The summed E-state index contributed by atoms with van der Waals surface area (Å²) in [5.74, 6) is -0.982. The predicted molar refractivity (Wildman–Crippen MR) is 104 cm³/mol. The Morgan fingerprint density at radius 2 is 1.96 bits per heavy atom. The first-order valence-corrected chi connectivity index (χ1v) is 8.87. The van der Waals surface area contributed by atoms with E-state index in [9.17, 15) is 4.79 Å². The summed E-state index contributed by atoms with van der Waals surface area (Å²) in [5.41, 5.74) is 3.66. The van der Waals surface area contributed by atoms with Crippen molar-refractivity contribution in [3.63, 3.8) is 0 Å². The van der Waals surface area contributed by atoms with Crippen molar-refractivity contribution in [1.82, 2.24) is 25.4 Å². The molecule has 5 rings (SSSR count). The lowest BCUT2D eigenvalue weighted by Gasteiger charge is -2.01. The van der Waals surface area contributed by atoms with Gasteiger partial charge in [0.2, 0.25) is 5.13 Å². The van der Waals surface area contributed by atoms with Crippen molar-refractivity contribution < 1.29 is 9.90 Å². The van der Waals surface area contributed by atoms with E-state index >= 15 is 0 Å². The first-order valence-electron chi connectivity index (χ1n) is 8.06. The second-order valence-electron chi connectivity index (χ2n) is 6.00. The van der Waals surface area contributed by atoms with Gasteiger partial charge in [0.25, 0.3) is 0 Å². The lowest BCUT2D eigenvalue weighted by molar-refractivity contribution is 0.0691. The van der Waals surface area contributed by atoms with E-state index < -0.39 is 5.97 Å². The summed E-state index contributed by atoms with van der Waals surface area (Å²) in [6.45, 7) is 0. The van der Waals surface area contributed by atoms with E-state index in [1.807, 2.05) is 36.4 Å². The molecule has 8 nitrogen and oxygen atoms in total. The third-order valence-electron chi connectivity index (χ3n) is 4.22. The SMILES string of the molecule is O=C(O)c1cc2ccc(-c3nnc(Nc4ccc5[nH]ncc5c4)s3)cc2[nH]1. The summed E-state index contributed by atoms with van der Waals surface area (Å²) in [6, 6.07) is 13.1. The van der Waals surface area contributed by atoms with Crippen LogP contribution in [0.2, 0.25) is 0 Å². The molecule has 0 amide bonds. The van der Waals surface area contributed by atoms with Gasteiger partial charge >= 0.3 is 5.97 Å². The molecule has 0 unspecified atom stereocenters. The summed E-state index contributed by atoms with van der Waals surface area (Å²) in [6.07, 6.45) is 1.77. The molecule has 3 aromatic heterocycles. The van der Waals surface area contributed by atoms with Gasteiger partial charge in [-0.3, -0.25) is 5.10 Å². The largest absolute Gasteiger partial charge is 0.477 e. The number of aromatic amines is 2. The molecule has 9 heteroatoms. The van der Waals surface area contributed by atoms with Crippen LogP contribution in [-0.4, -0.2) is 36.5 Å². The molecule has 0 spiro atoms. The lowest BCUT2D eigenvalue weighted by Crippen LogP contribution is -1.94. The van der Waals surface area contributed by atoms with Crippen LogP contribution in [-0.2, 0) is 0 Å². The Balaban J connectivity index is 1.44. The molecule has 0 aliphatic carbocycles. The van der Waals surface area contributed by atoms with E-state index in [0.717, 1.165) is 38.1 Å². The smallest absolute Gasteiger partial charge is 0.352 e. The molecule has 132 valence electrons. The molecule has 27 heavy (non-hydrogen) atoms. The third kappa shape index (κ3) is 2.79. The highest BCUT2D eigenvalue weighted by atomic mass is 32.1. The van der Waals surface area contributed by atoms with Crippen LogP contribution in [0.5, 0.6) is 0 Å². The van der Waals surface area contributed by atoms with Gasteiger partial charge in [0.05, 0.1) is 11.7 Å². The fraction of sp³-hybridized carbons (Fsp3) is 0. The first kappa shape index (κ1) is 15.5. The molecule has 0 fully saturated rings. The molecule has 0 saturated carbocycles. The van der Waals surface area contributed by atoms with Gasteiger partial charge in [-0.1, -0.05) is 23.5 Å². The van der Waals surface area contributed by atoms with Crippen molar-refractivity contribution in [3.05, 3.63) is 54.4 Å². The Morgan fingerprint density at radius 1 is 1.04 bits per heavy atom. The lowest BCUT2D eigenvalue weighted by atomic mass is 10.2. The van der Waals surface area contributed by atoms with Gasteiger partial charge in [-0.05, 0) is 30.3 Å². The van der Waals surface area contributed by atoms with Crippen molar-refractivity contribution in [2.75, 3.05) is 5.32 Å². The summed E-state index contributed by atoms with van der Waals surface area (Å²) >= 11 is 1.42. The topological polar surface area (TPSA) is 120 Å². The molecule has 0 saturated heterocycles. The number of anilines is 2. The molecule has 5 aromatic rings. The molecule has 4 N–H and O–H groups in total. The summed E-state index contributed by atoms with van der Waals surface area (Å²) in [5, 5.41) is 31.0. The fourth-order valence-corrected chi connectivity index (χ4v) is 3.67. The zero-order valence-electron chi connectivity index (χ0n) is 13.7. The number of rotatable bonds is 4. The Labute approximate surface area is 155 Å².